The second-order valence-corrected chi connectivity index (χ2v) is 8.23. The van der Waals surface area contributed by atoms with E-state index < -0.39 is 41.2 Å². The molecular weight excluding hydrogens is 506 g/mol. The molecule has 2 heterocycles. The largest absolute Gasteiger partial charge is 0.329 e. The number of hydrogen-bond acceptors (Lipinski definition) is 3. The molecule has 0 amide bonds. The molecule has 0 radical (unpaired) electrons. The first-order valence-corrected chi connectivity index (χ1v) is 10.9. The predicted octanol–water partition coefficient (Wildman–Crippen LogP) is 5.44. The Morgan fingerprint density at radius 3 is 2.14 bits per heavy atom. The zero-order valence-corrected chi connectivity index (χ0v) is 19.7. The van der Waals surface area contributed by atoms with Crippen LogP contribution in [0.25, 0.3) is 0 Å². The molecular formula is C23H18F6N6S. The monoisotopic (exact) mass is 524 g/mol. The molecule has 4 aromatic rings. The molecule has 188 valence electrons. The molecule has 13 heteroatoms. The quantitative estimate of drug-likeness (QED) is 0.152. The maximum absolute atomic E-state index is 14.1. The van der Waals surface area contributed by atoms with Crippen LogP contribution in [0.3, 0.4) is 0 Å². The summed E-state index contributed by atoms with van der Waals surface area (Å²) in [6.45, 7) is 2.63. The standard InChI is InChI=1S/C23H18F6N6S/c1-11-22(12(2)35(32-11)10-14-17(25)19(27)21(29)20(28)18(14)26)31-23(36)30-16-7-8-34(33-16)9-13-5-3-4-6-15(13)24/h3-8H,9-10H2,1-2H3,(H2,30,31,33,36). The summed E-state index contributed by atoms with van der Waals surface area (Å²) in [6.07, 6.45) is 1.63. The average Bonchev–Trinajstić information content (AvgIpc) is 3.39. The summed E-state index contributed by atoms with van der Waals surface area (Å²) in [4.78, 5) is 0. The number of halogens is 6. The van der Waals surface area contributed by atoms with Crippen LogP contribution in [0.1, 0.15) is 22.5 Å². The minimum absolute atomic E-state index is 0.105. The molecule has 0 aliphatic rings. The Kier molecular flexibility index (Phi) is 7.02. The molecule has 2 N–H and O–H groups in total. The third-order valence-corrected chi connectivity index (χ3v) is 5.61. The van der Waals surface area contributed by atoms with Crippen LogP contribution in [-0.2, 0) is 13.1 Å². The Morgan fingerprint density at radius 2 is 1.47 bits per heavy atom. The number of hydrogen-bond donors (Lipinski definition) is 2. The first-order chi connectivity index (χ1) is 17.1. The number of rotatable bonds is 6. The van der Waals surface area contributed by atoms with E-state index in [0.29, 0.717) is 28.5 Å². The lowest BCUT2D eigenvalue weighted by molar-refractivity contribution is 0.366. The Labute approximate surface area is 206 Å². The smallest absolute Gasteiger partial charge is 0.200 e. The Hall–Kier alpha value is -3.87. The Morgan fingerprint density at radius 1 is 0.833 bits per heavy atom. The molecule has 0 fully saturated rings. The van der Waals surface area contributed by atoms with Gasteiger partial charge in [0.2, 0.25) is 5.82 Å². The number of thiocarbonyl (C=S) groups is 1. The van der Waals surface area contributed by atoms with E-state index in [1.54, 1.807) is 44.3 Å². The second-order valence-electron chi connectivity index (χ2n) is 7.82. The third-order valence-electron chi connectivity index (χ3n) is 5.40. The second kappa shape index (κ2) is 10.0. The lowest BCUT2D eigenvalue weighted by atomic mass is 10.1. The van der Waals surface area contributed by atoms with E-state index >= 15 is 0 Å². The number of aryl methyl sites for hydroxylation is 1. The van der Waals surface area contributed by atoms with E-state index in [2.05, 4.69) is 20.8 Å². The fourth-order valence-electron chi connectivity index (χ4n) is 3.55. The molecule has 6 nitrogen and oxygen atoms in total. The number of anilines is 2. The van der Waals surface area contributed by atoms with Crippen molar-refractivity contribution in [1.82, 2.24) is 19.6 Å². The molecule has 0 saturated heterocycles. The van der Waals surface area contributed by atoms with E-state index in [-0.39, 0.29) is 17.5 Å². The maximum atomic E-state index is 14.1. The summed E-state index contributed by atoms with van der Waals surface area (Å²) in [5, 5.41) is 14.3. The lowest BCUT2D eigenvalue weighted by Gasteiger charge is -2.11. The highest BCUT2D eigenvalue weighted by Crippen LogP contribution is 2.26. The van der Waals surface area contributed by atoms with Gasteiger partial charge in [-0.15, -0.1) is 0 Å². The van der Waals surface area contributed by atoms with Crippen molar-refractivity contribution < 1.29 is 26.3 Å². The van der Waals surface area contributed by atoms with Crippen molar-refractivity contribution in [1.29, 1.82) is 0 Å². The van der Waals surface area contributed by atoms with Crippen LogP contribution in [0.4, 0.5) is 37.8 Å². The fraction of sp³-hybridized carbons (Fsp3) is 0.174. The molecule has 0 unspecified atom stereocenters. The van der Waals surface area contributed by atoms with Crippen molar-refractivity contribution in [2.24, 2.45) is 0 Å². The summed E-state index contributed by atoms with van der Waals surface area (Å²) in [6, 6.07) is 7.94. The highest BCUT2D eigenvalue weighted by atomic mass is 32.1. The molecule has 2 aromatic carbocycles. The SMILES string of the molecule is Cc1nn(Cc2c(F)c(F)c(F)c(F)c2F)c(C)c1NC(=S)Nc1ccn(Cc2ccccc2F)n1. The van der Waals surface area contributed by atoms with Crippen LogP contribution < -0.4 is 10.6 Å². The van der Waals surface area contributed by atoms with Gasteiger partial charge in [0.05, 0.1) is 35.7 Å². The van der Waals surface area contributed by atoms with E-state index in [4.69, 9.17) is 12.2 Å². The van der Waals surface area contributed by atoms with Gasteiger partial charge in [-0.1, -0.05) is 18.2 Å². The van der Waals surface area contributed by atoms with Crippen LogP contribution in [0.15, 0.2) is 36.5 Å². The molecule has 2 aromatic heterocycles. The zero-order valence-electron chi connectivity index (χ0n) is 18.8. The van der Waals surface area contributed by atoms with Gasteiger partial charge in [-0.2, -0.15) is 10.2 Å². The Balaban J connectivity index is 1.47. The van der Waals surface area contributed by atoms with E-state index in [9.17, 15) is 26.3 Å². The minimum Gasteiger partial charge on any atom is -0.329 e. The molecule has 0 spiro atoms. The van der Waals surface area contributed by atoms with Gasteiger partial charge in [-0.25, -0.2) is 26.3 Å². The number of nitrogens with one attached hydrogen (secondary N) is 2. The summed E-state index contributed by atoms with van der Waals surface area (Å²) in [5.41, 5.74) is 0.531. The number of benzene rings is 2. The Bertz CT molecular complexity index is 1430. The number of aromatic nitrogens is 4. The van der Waals surface area contributed by atoms with Crippen LogP contribution in [0.2, 0.25) is 0 Å². The first-order valence-electron chi connectivity index (χ1n) is 10.5. The molecule has 0 atom stereocenters. The number of nitrogens with zero attached hydrogens (tertiary/aromatic N) is 4. The predicted molar refractivity (Wildman–Crippen MR) is 125 cm³/mol. The summed E-state index contributed by atoms with van der Waals surface area (Å²) < 4.78 is 85.1. The highest BCUT2D eigenvalue weighted by Gasteiger charge is 2.27. The van der Waals surface area contributed by atoms with Crippen molar-refractivity contribution in [3.63, 3.8) is 0 Å². The molecule has 4 rings (SSSR count). The lowest BCUT2D eigenvalue weighted by Crippen LogP contribution is -2.20. The van der Waals surface area contributed by atoms with Crippen molar-refractivity contribution in [2.45, 2.75) is 26.9 Å². The van der Waals surface area contributed by atoms with Gasteiger partial charge >= 0.3 is 0 Å². The van der Waals surface area contributed by atoms with Crippen LogP contribution >= 0.6 is 12.2 Å². The molecule has 0 saturated carbocycles. The minimum atomic E-state index is -2.22. The molecule has 0 aliphatic heterocycles. The van der Waals surface area contributed by atoms with Crippen molar-refractivity contribution >= 4 is 28.8 Å². The van der Waals surface area contributed by atoms with E-state index in [1.165, 1.54) is 10.7 Å². The summed E-state index contributed by atoms with van der Waals surface area (Å²) in [7, 11) is 0. The summed E-state index contributed by atoms with van der Waals surface area (Å²) in [5.74, 6) is -10.1. The van der Waals surface area contributed by atoms with Gasteiger partial charge < -0.3 is 10.6 Å². The van der Waals surface area contributed by atoms with Crippen molar-refractivity contribution in [3.05, 3.63) is 93.9 Å². The third kappa shape index (κ3) is 4.91. The molecule has 0 bridgehead atoms. The van der Waals surface area contributed by atoms with Gasteiger partial charge in [0.1, 0.15) is 5.82 Å². The van der Waals surface area contributed by atoms with Crippen molar-refractivity contribution in [2.75, 3.05) is 10.6 Å². The van der Waals surface area contributed by atoms with Gasteiger partial charge in [0, 0.05) is 17.8 Å². The van der Waals surface area contributed by atoms with E-state index in [1.807, 2.05) is 0 Å². The highest BCUT2D eigenvalue weighted by molar-refractivity contribution is 7.80. The van der Waals surface area contributed by atoms with Crippen LogP contribution in [0.5, 0.6) is 0 Å². The topological polar surface area (TPSA) is 59.7 Å². The van der Waals surface area contributed by atoms with Crippen molar-refractivity contribution in [3.8, 4) is 0 Å². The molecule has 0 aliphatic carbocycles. The van der Waals surface area contributed by atoms with Gasteiger partial charge in [-0.05, 0) is 32.1 Å². The molecule has 36 heavy (non-hydrogen) atoms. The fourth-order valence-corrected chi connectivity index (χ4v) is 3.76. The van der Waals surface area contributed by atoms with Crippen LogP contribution in [-0.4, -0.2) is 24.7 Å². The normalized spacial score (nSPS) is 11.1. The van der Waals surface area contributed by atoms with Gasteiger partial charge in [-0.3, -0.25) is 9.36 Å². The van der Waals surface area contributed by atoms with Crippen LogP contribution in [0, 0.1) is 48.8 Å². The van der Waals surface area contributed by atoms with Gasteiger partial charge in [0.15, 0.2) is 34.2 Å². The summed E-state index contributed by atoms with van der Waals surface area (Å²) >= 11 is 5.30. The first kappa shape index (κ1) is 25.2. The maximum Gasteiger partial charge on any atom is 0.200 e. The van der Waals surface area contributed by atoms with Gasteiger partial charge in [0.25, 0.3) is 0 Å². The zero-order chi connectivity index (χ0) is 26.1. The average molecular weight is 524 g/mol. The van der Waals surface area contributed by atoms with E-state index in [0.717, 1.165) is 4.68 Å².